The highest BCUT2D eigenvalue weighted by molar-refractivity contribution is 5.97. The van der Waals surface area contributed by atoms with Crippen LogP contribution >= 0.6 is 0 Å². The molecule has 1 aromatic rings. The van der Waals surface area contributed by atoms with E-state index in [2.05, 4.69) is 4.98 Å². The van der Waals surface area contributed by atoms with Crippen molar-refractivity contribution in [1.29, 1.82) is 0 Å². The fourth-order valence-corrected chi connectivity index (χ4v) is 2.17. The van der Waals surface area contributed by atoms with E-state index in [4.69, 9.17) is 4.74 Å². The first-order chi connectivity index (χ1) is 8.27. The van der Waals surface area contributed by atoms with Crippen molar-refractivity contribution >= 4 is 5.91 Å². The highest BCUT2D eigenvalue weighted by atomic mass is 16.5. The van der Waals surface area contributed by atoms with Crippen molar-refractivity contribution < 1.29 is 14.6 Å². The van der Waals surface area contributed by atoms with Gasteiger partial charge in [0.2, 0.25) is 0 Å². The summed E-state index contributed by atoms with van der Waals surface area (Å²) in [5.74, 6) is 0.377. The lowest BCUT2D eigenvalue weighted by atomic mass is 10.2. The van der Waals surface area contributed by atoms with Gasteiger partial charge in [0, 0.05) is 12.7 Å². The third-order valence-corrected chi connectivity index (χ3v) is 3.08. The second-order valence-corrected chi connectivity index (χ2v) is 4.05. The largest absolute Gasteiger partial charge is 0.494 e. The van der Waals surface area contributed by atoms with Gasteiger partial charge in [-0.1, -0.05) is 0 Å². The molecule has 1 saturated heterocycles. The monoisotopic (exact) mass is 236 g/mol. The maximum Gasteiger partial charge on any atom is 0.258 e. The molecule has 0 aliphatic carbocycles. The highest BCUT2D eigenvalue weighted by Crippen LogP contribution is 2.23. The maximum absolute atomic E-state index is 12.3. The van der Waals surface area contributed by atoms with Gasteiger partial charge in [-0.05, 0) is 18.9 Å². The van der Waals surface area contributed by atoms with E-state index in [1.54, 1.807) is 17.2 Å². The van der Waals surface area contributed by atoms with E-state index in [0.717, 1.165) is 12.8 Å². The van der Waals surface area contributed by atoms with Crippen LogP contribution in [0.25, 0.3) is 0 Å². The molecule has 2 heterocycles. The minimum Gasteiger partial charge on any atom is -0.494 e. The van der Waals surface area contributed by atoms with Crippen molar-refractivity contribution in [3.8, 4) is 5.75 Å². The van der Waals surface area contributed by atoms with Gasteiger partial charge in [-0.2, -0.15) is 0 Å². The van der Waals surface area contributed by atoms with Crippen molar-refractivity contribution in [2.45, 2.75) is 18.9 Å². The molecule has 1 fully saturated rings. The zero-order chi connectivity index (χ0) is 12.3. The van der Waals surface area contributed by atoms with Crippen LogP contribution in [0.2, 0.25) is 0 Å². The summed E-state index contributed by atoms with van der Waals surface area (Å²) < 4.78 is 5.12. The van der Waals surface area contributed by atoms with Gasteiger partial charge < -0.3 is 14.7 Å². The normalized spacial score (nSPS) is 19.4. The van der Waals surface area contributed by atoms with E-state index >= 15 is 0 Å². The molecule has 0 aromatic carbocycles. The van der Waals surface area contributed by atoms with Gasteiger partial charge >= 0.3 is 0 Å². The van der Waals surface area contributed by atoms with Crippen LogP contribution in [-0.2, 0) is 0 Å². The quantitative estimate of drug-likeness (QED) is 0.838. The Labute approximate surface area is 100 Å². The molecule has 5 heteroatoms. The zero-order valence-corrected chi connectivity index (χ0v) is 9.80. The molecule has 1 N–H and O–H groups in total. The van der Waals surface area contributed by atoms with Crippen LogP contribution in [0.1, 0.15) is 23.2 Å². The van der Waals surface area contributed by atoms with Crippen molar-refractivity contribution in [3.63, 3.8) is 0 Å². The summed E-state index contributed by atoms with van der Waals surface area (Å²) in [6, 6.07) is 1.58. The number of nitrogens with zero attached hydrogens (tertiary/aromatic N) is 2. The second kappa shape index (κ2) is 5.14. The maximum atomic E-state index is 12.3. The third kappa shape index (κ3) is 2.24. The number of aromatic nitrogens is 1. The number of methoxy groups -OCH3 is 1. The number of amides is 1. The number of aliphatic hydroxyl groups excluding tert-OH is 1. The molecular formula is C12H16N2O3. The molecule has 1 atom stereocenters. The minimum atomic E-state index is -0.0965. The molecule has 2 rings (SSSR count). The van der Waals surface area contributed by atoms with Gasteiger partial charge in [0.25, 0.3) is 5.91 Å². The van der Waals surface area contributed by atoms with Crippen LogP contribution in [0.4, 0.5) is 0 Å². The number of aliphatic hydroxyl groups is 1. The topological polar surface area (TPSA) is 62.7 Å². The molecule has 1 amide bonds. The number of likely N-dealkylation sites (tertiary alicyclic amines) is 1. The zero-order valence-electron chi connectivity index (χ0n) is 9.80. The Hall–Kier alpha value is -1.62. The van der Waals surface area contributed by atoms with Gasteiger partial charge in [0.1, 0.15) is 5.75 Å². The average Bonchev–Trinajstić information content (AvgIpc) is 2.86. The van der Waals surface area contributed by atoms with Crippen LogP contribution in [0.3, 0.4) is 0 Å². The Morgan fingerprint density at radius 1 is 1.71 bits per heavy atom. The standard InChI is InChI=1S/C12H16N2O3/c1-17-11-7-13-5-4-10(11)12(16)14-6-2-3-9(14)8-15/h4-5,7,9,15H,2-3,6,8H2,1H3/t9-/m0/s1. The summed E-state index contributed by atoms with van der Waals surface area (Å²) >= 11 is 0. The van der Waals surface area contributed by atoms with Gasteiger partial charge in [0.15, 0.2) is 0 Å². The molecule has 0 bridgehead atoms. The first-order valence-corrected chi connectivity index (χ1v) is 5.67. The van der Waals surface area contributed by atoms with Crippen molar-refractivity contribution in [3.05, 3.63) is 24.0 Å². The molecular weight excluding hydrogens is 220 g/mol. The minimum absolute atomic E-state index is 0.0130. The third-order valence-electron chi connectivity index (χ3n) is 3.08. The van der Waals surface area contributed by atoms with Gasteiger partial charge in [-0.3, -0.25) is 9.78 Å². The molecule has 1 aliphatic heterocycles. The predicted octanol–water partition coefficient (Wildman–Crippen LogP) is 0.687. The lowest BCUT2D eigenvalue weighted by Gasteiger charge is -2.23. The number of hydrogen-bond donors (Lipinski definition) is 1. The summed E-state index contributed by atoms with van der Waals surface area (Å²) in [4.78, 5) is 17.9. The first-order valence-electron chi connectivity index (χ1n) is 5.67. The number of pyridine rings is 1. The van der Waals surface area contributed by atoms with Crippen LogP contribution in [0, 0.1) is 0 Å². The second-order valence-electron chi connectivity index (χ2n) is 4.05. The van der Waals surface area contributed by atoms with Gasteiger partial charge in [-0.15, -0.1) is 0 Å². The lowest BCUT2D eigenvalue weighted by Crippen LogP contribution is -2.37. The van der Waals surface area contributed by atoms with Crippen LogP contribution < -0.4 is 4.74 Å². The summed E-state index contributed by atoms with van der Waals surface area (Å²) in [6.45, 7) is 0.703. The molecule has 5 nitrogen and oxygen atoms in total. The summed E-state index contributed by atoms with van der Waals surface area (Å²) in [7, 11) is 1.52. The molecule has 1 aliphatic rings. The molecule has 0 radical (unpaired) electrons. The van der Waals surface area contributed by atoms with E-state index in [-0.39, 0.29) is 18.6 Å². The summed E-state index contributed by atoms with van der Waals surface area (Å²) in [5.41, 5.74) is 0.503. The van der Waals surface area contributed by atoms with Crippen LogP contribution in [-0.4, -0.2) is 47.2 Å². The Balaban J connectivity index is 2.24. The summed E-state index contributed by atoms with van der Waals surface area (Å²) in [6.07, 6.45) is 4.89. The molecule has 92 valence electrons. The van der Waals surface area contributed by atoms with Crippen LogP contribution in [0.5, 0.6) is 5.75 Å². The van der Waals surface area contributed by atoms with Gasteiger partial charge in [0.05, 0.1) is 31.5 Å². The Bertz CT molecular complexity index is 408. The fraction of sp³-hybridized carbons (Fsp3) is 0.500. The smallest absolute Gasteiger partial charge is 0.258 e. The summed E-state index contributed by atoms with van der Waals surface area (Å²) in [5, 5.41) is 9.22. The van der Waals surface area contributed by atoms with E-state index < -0.39 is 0 Å². The number of carbonyl (C=O) groups is 1. The highest BCUT2D eigenvalue weighted by Gasteiger charge is 2.30. The van der Waals surface area contributed by atoms with E-state index in [0.29, 0.717) is 17.9 Å². The number of carbonyl (C=O) groups excluding carboxylic acids is 1. The predicted molar refractivity (Wildman–Crippen MR) is 61.9 cm³/mol. The van der Waals surface area contributed by atoms with Crippen molar-refractivity contribution in [2.24, 2.45) is 0 Å². The van der Waals surface area contributed by atoms with E-state index in [1.807, 2.05) is 0 Å². The first kappa shape index (κ1) is 11.9. The lowest BCUT2D eigenvalue weighted by molar-refractivity contribution is 0.0674. The molecule has 0 unspecified atom stereocenters. The Kier molecular flexibility index (Phi) is 3.58. The average molecular weight is 236 g/mol. The SMILES string of the molecule is COc1cnccc1C(=O)N1CCC[C@H]1CO. The molecule has 0 spiro atoms. The van der Waals surface area contributed by atoms with Crippen molar-refractivity contribution in [2.75, 3.05) is 20.3 Å². The number of hydrogen-bond acceptors (Lipinski definition) is 4. The van der Waals surface area contributed by atoms with E-state index in [1.165, 1.54) is 13.3 Å². The number of rotatable bonds is 3. The van der Waals surface area contributed by atoms with Gasteiger partial charge in [-0.25, -0.2) is 0 Å². The Morgan fingerprint density at radius 2 is 2.53 bits per heavy atom. The molecule has 0 saturated carbocycles. The Morgan fingerprint density at radius 3 is 3.24 bits per heavy atom. The fourth-order valence-electron chi connectivity index (χ4n) is 2.17. The molecule has 17 heavy (non-hydrogen) atoms. The molecule has 1 aromatic heterocycles. The van der Waals surface area contributed by atoms with E-state index in [9.17, 15) is 9.90 Å². The van der Waals surface area contributed by atoms with Crippen LogP contribution in [0.15, 0.2) is 18.5 Å². The van der Waals surface area contributed by atoms with Crippen molar-refractivity contribution in [1.82, 2.24) is 9.88 Å². The number of ether oxygens (including phenoxy) is 1.